The first-order valence-corrected chi connectivity index (χ1v) is 12.9. The molecule has 8 heteroatoms. The minimum Gasteiger partial charge on any atom is -0.504 e. The molecule has 0 bridgehead atoms. The van der Waals surface area contributed by atoms with Gasteiger partial charge in [-0.1, -0.05) is 24.3 Å². The molecule has 0 spiro atoms. The maximum atomic E-state index is 11.2. The molecular weight excluding hydrogens is 512 g/mol. The van der Waals surface area contributed by atoms with Crippen LogP contribution in [-0.2, 0) is 19.3 Å². The van der Waals surface area contributed by atoms with Crippen molar-refractivity contribution < 1.29 is 39.0 Å². The van der Waals surface area contributed by atoms with Gasteiger partial charge >= 0.3 is 0 Å². The highest BCUT2D eigenvalue weighted by molar-refractivity contribution is 5.72. The van der Waals surface area contributed by atoms with Crippen LogP contribution in [0.2, 0.25) is 0 Å². The van der Waals surface area contributed by atoms with Crippen molar-refractivity contribution in [3.63, 3.8) is 0 Å². The standard InChI is InChI=1S/C32H32O8/c1-36-21-12-9-19(10-13-21)15-23-24-17-25(33)28(34)32(39-4)30(24)40-31-27(23)20(16-26(38-3)29(31)35)11-8-18-6-5-7-22(14-18)37-2/h5-7,9-10,12-14,16-17,23,33-35H,8,11,15H2,1-4H3. The summed E-state index contributed by atoms with van der Waals surface area (Å²) in [6.07, 6.45) is 1.83. The Balaban J connectivity index is 1.67. The molecule has 0 radical (unpaired) electrons. The van der Waals surface area contributed by atoms with Gasteiger partial charge in [-0.2, -0.15) is 0 Å². The van der Waals surface area contributed by atoms with E-state index in [1.165, 1.54) is 20.3 Å². The Morgan fingerprint density at radius 2 is 1.45 bits per heavy atom. The first-order chi connectivity index (χ1) is 19.4. The molecule has 4 aromatic carbocycles. The summed E-state index contributed by atoms with van der Waals surface area (Å²) < 4.78 is 28.0. The monoisotopic (exact) mass is 544 g/mol. The number of aromatic hydroxyl groups is 3. The summed E-state index contributed by atoms with van der Waals surface area (Å²) in [7, 11) is 6.13. The van der Waals surface area contributed by atoms with Crippen LogP contribution < -0.4 is 23.7 Å². The summed E-state index contributed by atoms with van der Waals surface area (Å²) in [6, 6.07) is 19.0. The molecule has 5 rings (SSSR count). The highest BCUT2D eigenvalue weighted by Crippen LogP contribution is 2.59. The van der Waals surface area contributed by atoms with Crippen molar-refractivity contribution in [2.45, 2.75) is 25.2 Å². The van der Waals surface area contributed by atoms with Crippen molar-refractivity contribution >= 4 is 0 Å². The number of methoxy groups -OCH3 is 4. The van der Waals surface area contributed by atoms with Crippen LogP contribution in [0.25, 0.3) is 0 Å². The van der Waals surface area contributed by atoms with E-state index < -0.39 is 5.75 Å². The van der Waals surface area contributed by atoms with Gasteiger partial charge in [-0.05, 0) is 72.4 Å². The number of hydrogen-bond acceptors (Lipinski definition) is 8. The highest BCUT2D eigenvalue weighted by Gasteiger charge is 2.37. The summed E-state index contributed by atoms with van der Waals surface area (Å²) in [4.78, 5) is 0. The molecule has 1 unspecified atom stereocenters. The zero-order valence-electron chi connectivity index (χ0n) is 22.9. The third kappa shape index (κ3) is 4.88. The molecule has 1 atom stereocenters. The van der Waals surface area contributed by atoms with E-state index in [0.717, 1.165) is 33.8 Å². The molecule has 0 amide bonds. The Kier molecular flexibility index (Phi) is 7.51. The lowest BCUT2D eigenvalue weighted by atomic mass is 9.79. The van der Waals surface area contributed by atoms with Gasteiger partial charge in [0.1, 0.15) is 11.5 Å². The molecule has 0 saturated heterocycles. The number of aryl methyl sites for hydroxylation is 2. The number of ether oxygens (including phenoxy) is 5. The normalized spacial score (nSPS) is 13.6. The minimum atomic E-state index is -0.437. The highest BCUT2D eigenvalue weighted by atomic mass is 16.5. The molecule has 208 valence electrons. The minimum absolute atomic E-state index is 0.0134. The lowest BCUT2D eigenvalue weighted by Gasteiger charge is -2.32. The van der Waals surface area contributed by atoms with Gasteiger partial charge < -0.3 is 39.0 Å². The molecule has 40 heavy (non-hydrogen) atoms. The number of phenols is 3. The Morgan fingerprint density at radius 1 is 0.700 bits per heavy atom. The summed E-state index contributed by atoms with van der Waals surface area (Å²) in [5.41, 5.74) is 4.42. The molecule has 1 heterocycles. The van der Waals surface area contributed by atoms with E-state index in [2.05, 4.69) is 0 Å². The van der Waals surface area contributed by atoms with Crippen LogP contribution in [0.15, 0.2) is 60.7 Å². The summed E-state index contributed by atoms with van der Waals surface area (Å²) >= 11 is 0. The zero-order valence-corrected chi connectivity index (χ0v) is 22.9. The number of benzene rings is 4. The molecular formula is C32H32O8. The predicted octanol–water partition coefficient (Wildman–Crippen LogP) is 6.10. The van der Waals surface area contributed by atoms with Crippen molar-refractivity contribution in [3.8, 4) is 51.7 Å². The summed E-state index contributed by atoms with van der Waals surface area (Å²) in [6.45, 7) is 0. The van der Waals surface area contributed by atoms with E-state index in [1.807, 2.05) is 54.6 Å². The summed E-state index contributed by atoms with van der Waals surface area (Å²) in [5.74, 6) is 0.967. The second-order valence-corrected chi connectivity index (χ2v) is 9.58. The maximum Gasteiger partial charge on any atom is 0.208 e. The van der Waals surface area contributed by atoms with Gasteiger partial charge in [0.25, 0.3) is 0 Å². The Morgan fingerprint density at radius 3 is 2.12 bits per heavy atom. The molecule has 8 nitrogen and oxygen atoms in total. The van der Waals surface area contributed by atoms with Gasteiger partial charge in [-0.15, -0.1) is 0 Å². The van der Waals surface area contributed by atoms with Crippen molar-refractivity contribution in [3.05, 3.63) is 88.5 Å². The molecule has 4 aromatic rings. The fourth-order valence-electron chi connectivity index (χ4n) is 5.30. The fourth-order valence-corrected chi connectivity index (χ4v) is 5.30. The number of hydrogen-bond donors (Lipinski definition) is 3. The van der Waals surface area contributed by atoms with Gasteiger partial charge in [-0.3, -0.25) is 0 Å². The van der Waals surface area contributed by atoms with Crippen LogP contribution in [0.1, 0.15) is 33.7 Å². The molecule has 0 aliphatic carbocycles. The molecule has 0 aromatic heterocycles. The van der Waals surface area contributed by atoms with Gasteiger partial charge in [0.05, 0.1) is 28.4 Å². The topological polar surface area (TPSA) is 107 Å². The Labute approximate surface area is 232 Å². The van der Waals surface area contributed by atoms with Gasteiger partial charge in [-0.25, -0.2) is 0 Å². The number of rotatable bonds is 9. The van der Waals surface area contributed by atoms with Crippen LogP contribution in [0.3, 0.4) is 0 Å². The smallest absolute Gasteiger partial charge is 0.208 e. The zero-order chi connectivity index (χ0) is 28.4. The van der Waals surface area contributed by atoms with Crippen molar-refractivity contribution in [2.24, 2.45) is 0 Å². The Hall–Kier alpha value is -4.72. The largest absolute Gasteiger partial charge is 0.504 e. The maximum absolute atomic E-state index is 11.2. The number of fused-ring (bicyclic) bond motifs is 2. The van der Waals surface area contributed by atoms with Crippen molar-refractivity contribution in [1.82, 2.24) is 0 Å². The lowest BCUT2D eigenvalue weighted by Crippen LogP contribution is -2.17. The fraction of sp³-hybridized carbons (Fsp3) is 0.250. The van der Waals surface area contributed by atoms with E-state index in [1.54, 1.807) is 14.2 Å². The van der Waals surface area contributed by atoms with Crippen LogP contribution in [0.5, 0.6) is 51.7 Å². The second kappa shape index (κ2) is 11.2. The average Bonchev–Trinajstić information content (AvgIpc) is 2.98. The van der Waals surface area contributed by atoms with E-state index in [-0.39, 0.29) is 40.4 Å². The van der Waals surface area contributed by atoms with Gasteiger partial charge in [0.15, 0.2) is 23.0 Å². The van der Waals surface area contributed by atoms with E-state index in [9.17, 15) is 15.3 Å². The lowest BCUT2D eigenvalue weighted by molar-refractivity contribution is 0.313. The van der Waals surface area contributed by atoms with E-state index in [0.29, 0.717) is 24.8 Å². The summed E-state index contributed by atoms with van der Waals surface area (Å²) in [5, 5.41) is 32.4. The van der Waals surface area contributed by atoms with Crippen molar-refractivity contribution in [2.75, 3.05) is 28.4 Å². The van der Waals surface area contributed by atoms with Crippen LogP contribution in [-0.4, -0.2) is 43.8 Å². The van der Waals surface area contributed by atoms with Crippen LogP contribution >= 0.6 is 0 Å². The van der Waals surface area contributed by atoms with Gasteiger partial charge in [0.2, 0.25) is 17.2 Å². The quantitative estimate of drug-likeness (QED) is 0.217. The first-order valence-electron chi connectivity index (χ1n) is 12.9. The molecule has 0 saturated carbocycles. The second-order valence-electron chi connectivity index (χ2n) is 9.58. The SMILES string of the molecule is COc1ccc(CC2c3cc(O)c(O)c(OC)c3Oc3c(O)c(OC)cc(CCc4cccc(OC)c4)c32)cc1. The van der Waals surface area contributed by atoms with E-state index in [4.69, 9.17) is 23.7 Å². The molecule has 0 fully saturated rings. The third-order valence-electron chi connectivity index (χ3n) is 7.33. The third-order valence-corrected chi connectivity index (χ3v) is 7.33. The Bertz CT molecular complexity index is 1530. The van der Waals surface area contributed by atoms with Crippen LogP contribution in [0, 0.1) is 0 Å². The van der Waals surface area contributed by atoms with Gasteiger partial charge in [0, 0.05) is 17.0 Å². The molecule has 1 aliphatic heterocycles. The number of phenolic OH excluding ortho intramolecular Hbond substituents is 3. The molecule has 1 aliphatic rings. The van der Waals surface area contributed by atoms with E-state index >= 15 is 0 Å². The predicted molar refractivity (Wildman–Crippen MR) is 150 cm³/mol. The first kappa shape index (κ1) is 26.9. The molecule has 3 N–H and O–H groups in total. The van der Waals surface area contributed by atoms with Crippen molar-refractivity contribution in [1.29, 1.82) is 0 Å². The van der Waals surface area contributed by atoms with Crippen LogP contribution in [0.4, 0.5) is 0 Å². The average molecular weight is 545 g/mol.